The average molecular weight is 340 g/mol. The highest BCUT2D eigenvalue weighted by atomic mass is 19.1. The number of nitro groups is 3. The molecule has 2 aromatic rings. The molecule has 0 amide bonds. The van der Waals surface area contributed by atoms with Crippen molar-refractivity contribution in [2.45, 2.75) is 0 Å². The van der Waals surface area contributed by atoms with Gasteiger partial charge in [-0.3, -0.25) is 30.3 Å². The fourth-order valence-corrected chi connectivity index (χ4v) is 1.84. The van der Waals surface area contributed by atoms with Crippen LogP contribution in [-0.2, 0) is 0 Å². The van der Waals surface area contributed by atoms with E-state index < -0.39 is 54.8 Å². The van der Waals surface area contributed by atoms with Gasteiger partial charge in [0.05, 0.1) is 32.6 Å². The van der Waals surface area contributed by atoms with Crippen LogP contribution in [0.2, 0.25) is 0 Å². The van der Waals surface area contributed by atoms with Crippen molar-refractivity contribution in [2.75, 3.05) is 5.32 Å². The molecule has 2 rings (SSSR count). The van der Waals surface area contributed by atoms with Crippen molar-refractivity contribution >= 4 is 28.4 Å². The summed E-state index contributed by atoms with van der Waals surface area (Å²) in [6.07, 6.45) is 0. The molecule has 0 saturated carbocycles. The molecule has 10 nitrogen and oxygen atoms in total. The van der Waals surface area contributed by atoms with Crippen molar-refractivity contribution < 1.29 is 23.6 Å². The second kappa shape index (κ2) is 6.20. The number of nitrogens with one attached hydrogen (secondary N) is 1. The van der Waals surface area contributed by atoms with Crippen LogP contribution in [0.3, 0.4) is 0 Å². The van der Waals surface area contributed by atoms with E-state index in [2.05, 4.69) is 5.32 Å². The predicted molar refractivity (Wildman–Crippen MR) is 76.0 cm³/mol. The summed E-state index contributed by atoms with van der Waals surface area (Å²) in [6.45, 7) is 0. The van der Waals surface area contributed by atoms with Crippen molar-refractivity contribution in [3.05, 3.63) is 72.3 Å². The van der Waals surface area contributed by atoms with Gasteiger partial charge in [0, 0.05) is 6.07 Å². The Hall–Kier alpha value is -3.70. The van der Waals surface area contributed by atoms with E-state index in [1.54, 1.807) is 0 Å². The zero-order chi connectivity index (χ0) is 18.0. The first kappa shape index (κ1) is 16.7. The molecular formula is C12H6F2N4O6. The summed E-state index contributed by atoms with van der Waals surface area (Å²) in [6, 6.07) is 3.16. The number of hydrogen-bond acceptors (Lipinski definition) is 7. The Morgan fingerprint density at radius 2 is 1.38 bits per heavy atom. The molecule has 0 aliphatic heterocycles. The Morgan fingerprint density at radius 3 is 1.79 bits per heavy atom. The number of nitrogens with zero attached hydrogens (tertiary/aromatic N) is 3. The lowest BCUT2D eigenvalue weighted by molar-refractivity contribution is -0.401. The minimum atomic E-state index is -1.16. The van der Waals surface area contributed by atoms with Crippen molar-refractivity contribution in [3.63, 3.8) is 0 Å². The van der Waals surface area contributed by atoms with Crippen LogP contribution < -0.4 is 5.32 Å². The smallest absolute Gasteiger partial charge is 0.306 e. The van der Waals surface area contributed by atoms with Gasteiger partial charge >= 0.3 is 11.4 Å². The summed E-state index contributed by atoms with van der Waals surface area (Å²) < 4.78 is 26.5. The first-order valence-corrected chi connectivity index (χ1v) is 6.04. The molecule has 0 radical (unpaired) electrons. The van der Waals surface area contributed by atoms with Gasteiger partial charge in [-0.05, 0) is 12.1 Å². The van der Waals surface area contributed by atoms with Crippen molar-refractivity contribution in [1.82, 2.24) is 0 Å². The predicted octanol–water partition coefficient (Wildman–Crippen LogP) is 3.43. The number of nitro benzene ring substituents is 3. The minimum absolute atomic E-state index is 0.464. The zero-order valence-corrected chi connectivity index (χ0v) is 11.4. The first-order valence-electron chi connectivity index (χ1n) is 6.04. The monoisotopic (exact) mass is 340 g/mol. The van der Waals surface area contributed by atoms with E-state index in [1.165, 1.54) is 0 Å². The molecule has 124 valence electrons. The minimum Gasteiger partial charge on any atom is -0.342 e. The van der Waals surface area contributed by atoms with Crippen LogP contribution in [0.15, 0.2) is 30.3 Å². The van der Waals surface area contributed by atoms with Gasteiger partial charge in [0.15, 0.2) is 5.69 Å². The van der Waals surface area contributed by atoms with Gasteiger partial charge in [-0.25, -0.2) is 8.78 Å². The number of halogens is 2. The van der Waals surface area contributed by atoms with E-state index in [9.17, 15) is 39.1 Å². The molecule has 0 aliphatic carbocycles. The second-order valence-corrected chi connectivity index (χ2v) is 4.38. The molecule has 24 heavy (non-hydrogen) atoms. The maximum absolute atomic E-state index is 13.7. The van der Waals surface area contributed by atoms with Crippen LogP contribution in [0.4, 0.5) is 37.2 Å². The average Bonchev–Trinajstić information content (AvgIpc) is 2.49. The molecule has 0 fully saturated rings. The number of benzene rings is 2. The fourth-order valence-electron chi connectivity index (χ4n) is 1.84. The fraction of sp³-hybridized carbons (Fsp3) is 0. The molecular weight excluding hydrogens is 334 g/mol. The topological polar surface area (TPSA) is 141 Å². The Bertz CT molecular complexity index is 838. The number of non-ortho nitro benzene ring substituents is 1. The molecule has 0 spiro atoms. The third kappa shape index (κ3) is 3.21. The maximum atomic E-state index is 13.7. The van der Waals surface area contributed by atoms with E-state index in [4.69, 9.17) is 0 Å². The highest BCUT2D eigenvalue weighted by molar-refractivity contribution is 5.81. The molecule has 2 aromatic carbocycles. The quantitative estimate of drug-likeness (QED) is 0.649. The molecule has 0 saturated heterocycles. The molecule has 0 bridgehead atoms. The molecule has 0 aliphatic rings. The number of hydrogen-bond donors (Lipinski definition) is 1. The summed E-state index contributed by atoms with van der Waals surface area (Å²) in [4.78, 5) is 29.7. The molecule has 0 heterocycles. The summed E-state index contributed by atoms with van der Waals surface area (Å²) in [5.41, 5.74) is -4.12. The lowest BCUT2D eigenvalue weighted by atomic mass is 10.2. The maximum Gasteiger partial charge on any atom is 0.306 e. The Labute approximate surface area is 130 Å². The summed E-state index contributed by atoms with van der Waals surface area (Å²) >= 11 is 0. The Kier molecular flexibility index (Phi) is 4.30. The molecule has 0 atom stereocenters. The van der Waals surface area contributed by atoms with E-state index in [0.717, 1.165) is 12.1 Å². The molecule has 0 aromatic heterocycles. The highest BCUT2D eigenvalue weighted by Crippen LogP contribution is 2.40. The van der Waals surface area contributed by atoms with Crippen LogP contribution >= 0.6 is 0 Å². The van der Waals surface area contributed by atoms with Crippen LogP contribution in [-0.4, -0.2) is 14.8 Å². The SMILES string of the molecule is O=[N+]([O-])c1cc([N+](=O)[O-])c(Nc2ccc(F)cc2F)c([N+](=O)[O-])c1. The van der Waals surface area contributed by atoms with Crippen LogP contribution in [0, 0.1) is 42.0 Å². The zero-order valence-electron chi connectivity index (χ0n) is 11.4. The molecule has 12 heteroatoms. The largest absolute Gasteiger partial charge is 0.342 e. The lowest BCUT2D eigenvalue weighted by Crippen LogP contribution is -2.04. The van der Waals surface area contributed by atoms with E-state index in [-0.39, 0.29) is 0 Å². The Balaban J connectivity index is 2.68. The van der Waals surface area contributed by atoms with Crippen LogP contribution in [0.1, 0.15) is 0 Å². The van der Waals surface area contributed by atoms with Crippen LogP contribution in [0.5, 0.6) is 0 Å². The van der Waals surface area contributed by atoms with Gasteiger partial charge in [0.25, 0.3) is 5.69 Å². The van der Waals surface area contributed by atoms with Gasteiger partial charge in [0.1, 0.15) is 11.6 Å². The van der Waals surface area contributed by atoms with Gasteiger partial charge < -0.3 is 5.32 Å². The van der Waals surface area contributed by atoms with E-state index in [0.29, 0.717) is 18.2 Å². The van der Waals surface area contributed by atoms with Gasteiger partial charge in [-0.1, -0.05) is 0 Å². The van der Waals surface area contributed by atoms with E-state index >= 15 is 0 Å². The van der Waals surface area contributed by atoms with E-state index in [1.807, 2.05) is 0 Å². The third-order valence-electron chi connectivity index (χ3n) is 2.88. The van der Waals surface area contributed by atoms with Crippen molar-refractivity contribution in [3.8, 4) is 0 Å². The molecule has 0 unspecified atom stereocenters. The molecule has 1 N–H and O–H groups in total. The Morgan fingerprint density at radius 1 is 0.833 bits per heavy atom. The van der Waals surface area contributed by atoms with Crippen molar-refractivity contribution in [2.24, 2.45) is 0 Å². The van der Waals surface area contributed by atoms with Gasteiger partial charge in [-0.2, -0.15) is 0 Å². The number of anilines is 2. The standard InChI is InChI=1S/C12H6F2N4O6/c13-6-1-2-9(8(14)3-6)15-12-10(17(21)22)4-7(16(19)20)5-11(12)18(23)24/h1-5,15H. The highest BCUT2D eigenvalue weighted by Gasteiger charge is 2.31. The third-order valence-corrected chi connectivity index (χ3v) is 2.88. The number of rotatable bonds is 5. The summed E-state index contributed by atoms with van der Waals surface area (Å²) in [7, 11) is 0. The lowest BCUT2D eigenvalue weighted by Gasteiger charge is -2.09. The van der Waals surface area contributed by atoms with Crippen molar-refractivity contribution in [1.29, 1.82) is 0 Å². The normalized spacial score (nSPS) is 10.2. The summed E-state index contributed by atoms with van der Waals surface area (Å²) in [5.74, 6) is -2.08. The second-order valence-electron chi connectivity index (χ2n) is 4.38. The van der Waals surface area contributed by atoms with Crippen LogP contribution in [0.25, 0.3) is 0 Å². The van der Waals surface area contributed by atoms with Gasteiger partial charge in [-0.15, -0.1) is 0 Å². The van der Waals surface area contributed by atoms with Gasteiger partial charge in [0.2, 0.25) is 0 Å². The summed E-state index contributed by atoms with van der Waals surface area (Å²) in [5, 5.41) is 35.0. The first-order chi connectivity index (χ1) is 11.2.